The fourth-order valence-corrected chi connectivity index (χ4v) is 3.11. The number of hydrogen-bond acceptors (Lipinski definition) is 5. The van der Waals surface area contributed by atoms with Gasteiger partial charge in [0.25, 0.3) is 0 Å². The number of halogens is 3. The van der Waals surface area contributed by atoms with Gasteiger partial charge in [0, 0.05) is 37.2 Å². The minimum absolute atomic E-state index is 0.0745. The number of nitriles is 1. The zero-order valence-electron chi connectivity index (χ0n) is 12.6. The molecular weight excluding hydrogens is 325 g/mol. The van der Waals surface area contributed by atoms with Crippen molar-refractivity contribution in [3.8, 4) is 6.07 Å². The van der Waals surface area contributed by atoms with E-state index in [0.717, 1.165) is 10.9 Å². The number of carbonyl (C=O) groups excluding carboxylic acids is 1. The van der Waals surface area contributed by atoms with Crippen LogP contribution in [0.5, 0.6) is 0 Å². The van der Waals surface area contributed by atoms with Gasteiger partial charge >= 0.3 is 6.18 Å². The second-order valence-electron chi connectivity index (χ2n) is 5.64. The highest BCUT2D eigenvalue weighted by Crippen LogP contribution is 2.46. The van der Waals surface area contributed by atoms with E-state index in [1.807, 2.05) is 0 Å². The van der Waals surface area contributed by atoms with Gasteiger partial charge < -0.3 is 10.5 Å². The van der Waals surface area contributed by atoms with Crippen molar-refractivity contribution in [2.75, 3.05) is 0 Å². The molecule has 1 atom stereocenters. The zero-order chi connectivity index (χ0) is 17.6. The third-order valence-corrected chi connectivity index (χ3v) is 4.04. The largest absolute Gasteiger partial charge is 0.444 e. The van der Waals surface area contributed by atoms with Crippen LogP contribution in [0.3, 0.4) is 0 Å². The summed E-state index contributed by atoms with van der Waals surface area (Å²) in [5.41, 5.74) is 4.18. The van der Waals surface area contributed by atoms with Gasteiger partial charge in [-0.05, 0) is 6.42 Å². The van der Waals surface area contributed by atoms with Crippen molar-refractivity contribution in [1.29, 1.82) is 5.26 Å². The number of alkyl halides is 3. The molecular formula is C15H13F3N4O2. The zero-order valence-corrected chi connectivity index (χ0v) is 12.6. The van der Waals surface area contributed by atoms with Crippen molar-refractivity contribution in [1.82, 2.24) is 9.78 Å². The first-order valence-electron chi connectivity index (χ1n) is 7.18. The summed E-state index contributed by atoms with van der Waals surface area (Å²) in [6.07, 6.45) is -2.45. The first-order chi connectivity index (χ1) is 11.2. The Balaban J connectivity index is 2.26. The number of carbonyl (C=O) groups is 1. The van der Waals surface area contributed by atoms with Gasteiger partial charge in [0.2, 0.25) is 5.88 Å². The lowest BCUT2D eigenvalue weighted by Gasteiger charge is -2.30. The summed E-state index contributed by atoms with van der Waals surface area (Å²) in [5, 5.41) is 12.8. The van der Waals surface area contributed by atoms with E-state index < -0.39 is 17.8 Å². The number of aryl methyl sites for hydroxylation is 1. The molecule has 0 saturated heterocycles. The Morgan fingerprint density at radius 3 is 2.79 bits per heavy atom. The molecule has 24 heavy (non-hydrogen) atoms. The van der Waals surface area contributed by atoms with Crippen molar-refractivity contribution < 1.29 is 22.7 Å². The van der Waals surface area contributed by atoms with Crippen molar-refractivity contribution in [2.24, 2.45) is 12.8 Å². The molecule has 9 heteroatoms. The van der Waals surface area contributed by atoms with Crippen molar-refractivity contribution in [3.63, 3.8) is 0 Å². The quantitative estimate of drug-likeness (QED) is 0.847. The van der Waals surface area contributed by atoms with Crippen LogP contribution < -0.4 is 5.73 Å². The molecule has 0 saturated carbocycles. The molecule has 1 aliphatic carbocycles. The monoisotopic (exact) mass is 338 g/mol. The molecule has 2 N–H and O–H groups in total. The molecule has 2 aliphatic rings. The maximum atomic E-state index is 13.3. The van der Waals surface area contributed by atoms with Crippen LogP contribution in [0.1, 0.15) is 36.4 Å². The molecule has 6 nitrogen and oxygen atoms in total. The summed E-state index contributed by atoms with van der Waals surface area (Å²) < 4.78 is 46.3. The van der Waals surface area contributed by atoms with Crippen LogP contribution in [-0.2, 0) is 22.8 Å². The van der Waals surface area contributed by atoms with E-state index in [2.05, 4.69) is 5.10 Å². The Bertz CT molecular complexity index is 827. The minimum atomic E-state index is -4.72. The van der Waals surface area contributed by atoms with Gasteiger partial charge in [-0.15, -0.1) is 0 Å². The molecule has 0 amide bonds. The molecule has 3 rings (SSSR count). The Labute approximate surface area is 135 Å². The van der Waals surface area contributed by atoms with Gasteiger partial charge in [0.05, 0.1) is 5.92 Å². The number of hydrogen-bond donors (Lipinski definition) is 1. The summed E-state index contributed by atoms with van der Waals surface area (Å²) in [4.78, 5) is 12.3. The van der Waals surface area contributed by atoms with Crippen LogP contribution in [0.2, 0.25) is 0 Å². The molecule has 1 aromatic heterocycles. The van der Waals surface area contributed by atoms with Gasteiger partial charge in [0.15, 0.2) is 11.5 Å². The molecule has 0 bridgehead atoms. The molecule has 0 radical (unpaired) electrons. The highest BCUT2D eigenvalue weighted by Gasteiger charge is 2.45. The second-order valence-corrected chi connectivity index (χ2v) is 5.64. The normalized spacial score (nSPS) is 21.5. The van der Waals surface area contributed by atoms with E-state index in [-0.39, 0.29) is 40.6 Å². The number of ether oxygens (including phenoxy) is 1. The molecule has 1 aromatic rings. The Morgan fingerprint density at radius 1 is 1.46 bits per heavy atom. The molecule has 0 spiro atoms. The molecule has 0 aromatic carbocycles. The van der Waals surface area contributed by atoms with E-state index in [1.165, 1.54) is 7.05 Å². The van der Waals surface area contributed by atoms with E-state index >= 15 is 0 Å². The Hall–Kier alpha value is -2.76. The van der Waals surface area contributed by atoms with Crippen molar-refractivity contribution in [3.05, 3.63) is 40.2 Å². The molecule has 0 fully saturated rings. The van der Waals surface area contributed by atoms with Gasteiger partial charge in [-0.25, -0.2) is 0 Å². The summed E-state index contributed by atoms with van der Waals surface area (Å²) in [5.74, 6) is -1.58. The van der Waals surface area contributed by atoms with Gasteiger partial charge in [-0.2, -0.15) is 23.5 Å². The third kappa shape index (κ3) is 2.44. The third-order valence-electron chi connectivity index (χ3n) is 4.04. The lowest BCUT2D eigenvalue weighted by Crippen LogP contribution is -2.28. The number of rotatable bonds is 1. The van der Waals surface area contributed by atoms with Crippen LogP contribution in [0.4, 0.5) is 13.2 Å². The summed E-state index contributed by atoms with van der Waals surface area (Å²) >= 11 is 0. The van der Waals surface area contributed by atoms with Crippen molar-refractivity contribution >= 4 is 5.78 Å². The second kappa shape index (κ2) is 5.40. The number of aromatic nitrogens is 2. The van der Waals surface area contributed by atoms with E-state index in [1.54, 1.807) is 6.07 Å². The van der Waals surface area contributed by atoms with E-state index in [9.17, 15) is 23.2 Å². The topological polar surface area (TPSA) is 93.9 Å². The smallest absolute Gasteiger partial charge is 0.435 e. The van der Waals surface area contributed by atoms with E-state index in [0.29, 0.717) is 12.8 Å². The number of Topliss-reactive ketones (excluding diaryl/α,β-unsaturated/α-hetero) is 1. The first-order valence-corrected chi connectivity index (χ1v) is 7.18. The SMILES string of the molecule is Cn1cc(C2C(C#N)=C(N)OC3=C2C(=O)CCC3)c(C(F)(F)F)n1. The summed E-state index contributed by atoms with van der Waals surface area (Å²) in [6.45, 7) is 0. The first kappa shape index (κ1) is 16.1. The maximum absolute atomic E-state index is 13.3. The number of nitrogens with zero attached hydrogens (tertiary/aromatic N) is 3. The van der Waals surface area contributed by atoms with Crippen LogP contribution >= 0.6 is 0 Å². The van der Waals surface area contributed by atoms with Crippen LogP contribution in [0.25, 0.3) is 0 Å². The van der Waals surface area contributed by atoms with Gasteiger partial charge in [-0.3, -0.25) is 9.48 Å². The summed E-state index contributed by atoms with van der Waals surface area (Å²) in [7, 11) is 1.34. The average molecular weight is 338 g/mol. The fraction of sp³-hybridized carbons (Fsp3) is 0.400. The van der Waals surface area contributed by atoms with Crippen LogP contribution in [0.15, 0.2) is 29.0 Å². The molecule has 1 aliphatic heterocycles. The van der Waals surface area contributed by atoms with Gasteiger partial charge in [-0.1, -0.05) is 0 Å². The lowest BCUT2D eigenvalue weighted by molar-refractivity contribution is -0.142. The molecule has 1 unspecified atom stereocenters. The van der Waals surface area contributed by atoms with Gasteiger partial charge in [0.1, 0.15) is 17.4 Å². The Morgan fingerprint density at radius 2 is 2.17 bits per heavy atom. The minimum Gasteiger partial charge on any atom is -0.444 e. The maximum Gasteiger partial charge on any atom is 0.435 e. The standard InChI is InChI=1S/C15H13F3N4O2/c1-22-6-8(13(21-22)15(16,17)18)11-7(5-19)14(20)24-10-4-2-3-9(23)12(10)11/h6,11H,2-4,20H2,1H3. The molecule has 126 valence electrons. The molecule has 2 heterocycles. The predicted octanol–water partition coefficient (Wildman–Crippen LogP) is 2.25. The number of nitrogens with two attached hydrogens (primary N) is 1. The highest BCUT2D eigenvalue weighted by molar-refractivity contribution is 5.99. The van der Waals surface area contributed by atoms with Crippen LogP contribution in [-0.4, -0.2) is 15.6 Å². The average Bonchev–Trinajstić information content (AvgIpc) is 2.88. The summed E-state index contributed by atoms with van der Waals surface area (Å²) in [6, 6.07) is 1.78. The number of allylic oxidation sites excluding steroid dienone is 3. The van der Waals surface area contributed by atoms with Crippen LogP contribution in [0, 0.1) is 11.3 Å². The number of ketones is 1. The fourth-order valence-electron chi connectivity index (χ4n) is 3.11. The van der Waals surface area contributed by atoms with E-state index in [4.69, 9.17) is 10.5 Å². The highest BCUT2D eigenvalue weighted by atomic mass is 19.4. The Kier molecular flexibility index (Phi) is 3.63. The van der Waals surface area contributed by atoms with Crippen molar-refractivity contribution in [2.45, 2.75) is 31.4 Å². The predicted molar refractivity (Wildman–Crippen MR) is 74.7 cm³/mol. The lowest BCUT2D eigenvalue weighted by atomic mass is 9.77.